The first-order chi connectivity index (χ1) is 7.29. The molecule has 0 saturated carbocycles. The van der Waals surface area contributed by atoms with Crippen LogP contribution in [0, 0.1) is 0 Å². The van der Waals surface area contributed by atoms with Crippen molar-refractivity contribution in [1.29, 1.82) is 0 Å². The Kier molecular flexibility index (Phi) is 3.38. The number of aromatic nitrogens is 2. The fourth-order valence-corrected chi connectivity index (χ4v) is 2.01. The molecule has 1 fully saturated rings. The van der Waals surface area contributed by atoms with Crippen molar-refractivity contribution in [3.63, 3.8) is 0 Å². The highest BCUT2D eigenvalue weighted by Gasteiger charge is 2.17. The van der Waals surface area contributed by atoms with Crippen LogP contribution in [0.3, 0.4) is 0 Å². The number of rotatable bonds is 3. The number of nitrogens with zero attached hydrogens (tertiary/aromatic N) is 3. The second kappa shape index (κ2) is 4.77. The van der Waals surface area contributed by atoms with Gasteiger partial charge in [-0.15, -0.1) is 0 Å². The van der Waals surface area contributed by atoms with Crippen LogP contribution in [0.5, 0.6) is 0 Å². The number of hydrogen-bond acceptors (Lipinski definition) is 3. The highest BCUT2D eigenvalue weighted by molar-refractivity contribution is 5.04. The summed E-state index contributed by atoms with van der Waals surface area (Å²) < 4.78 is 1.99. The lowest BCUT2D eigenvalue weighted by Gasteiger charge is -2.33. The van der Waals surface area contributed by atoms with E-state index >= 15 is 0 Å². The van der Waals surface area contributed by atoms with Crippen molar-refractivity contribution in [2.75, 3.05) is 19.6 Å². The average Bonchev–Trinajstić information content (AvgIpc) is 2.69. The SMILES string of the molecule is CCn1cc(CN2CCNCC2C)cn1. The summed E-state index contributed by atoms with van der Waals surface area (Å²) in [5, 5.41) is 7.70. The van der Waals surface area contributed by atoms with E-state index in [0.717, 1.165) is 32.7 Å². The monoisotopic (exact) mass is 208 g/mol. The summed E-state index contributed by atoms with van der Waals surface area (Å²) in [6.07, 6.45) is 4.13. The molecule has 1 aromatic rings. The van der Waals surface area contributed by atoms with Gasteiger partial charge in [-0.05, 0) is 13.8 Å². The van der Waals surface area contributed by atoms with E-state index in [1.807, 2.05) is 10.9 Å². The van der Waals surface area contributed by atoms with E-state index in [1.54, 1.807) is 0 Å². The Bertz CT molecular complexity index is 307. The molecule has 1 aromatic heterocycles. The lowest BCUT2D eigenvalue weighted by atomic mass is 10.2. The van der Waals surface area contributed by atoms with Crippen molar-refractivity contribution in [2.45, 2.75) is 33.0 Å². The molecule has 0 spiro atoms. The van der Waals surface area contributed by atoms with Crippen LogP contribution in [-0.4, -0.2) is 40.4 Å². The van der Waals surface area contributed by atoms with Crippen molar-refractivity contribution < 1.29 is 0 Å². The van der Waals surface area contributed by atoms with Crippen LogP contribution in [-0.2, 0) is 13.1 Å². The number of hydrogen-bond donors (Lipinski definition) is 1. The van der Waals surface area contributed by atoms with E-state index < -0.39 is 0 Å². The Labute approximate surface area is 91.3 Å². The second-order valence-corrected chi connectivity index (χ2v) is 4.23. The number of aryl methyl sites for hydroxylation is 1. The molecule has 1 atom stereocenters. The second-order valence-electron chi connectivity index (χ2n) is 4.23. The third kappa shape index (κ3) is 2.58. The van der Waals surface area contributed by atoms with Gasteiger partial charge in [0.25, 0.3) is 0 Å². The standard InChI is InChI=1S/C11H20N4/c1-3-15-9-11(7-13-15)8-14-5-4-12-6-10(14)2/h7,9-10,12H,3-6,8H2,1-2H3. The van der Waals surface area contributed by atoms with E-state index in [0.29, 0.717) is 6.04 Å². The van der Waals surface area contributed by atoms with E-state index in [9.17, 15) is 0 Å². The smallest absolute Gasteiger partial charge is 0.0534 e. The molecule has 1 unspecified atom stereocenters. The number of nitrogens with one attached hydrogen (secondary N) is 1. The van der Waals surface area contributed by atoms with Crippen molar-refractivity contribution in [3.8, 4) is 0 Å². The summed E-state index contributed by atoms with van der Waals surface area (Å²) in [4.78, 5) is 2.51. The van der Waals surface area contributed by atoms with E-state index in [1.165, 1.54) is 5.56 Å². The van der Waals surface area contributed by atoms with Crippen LogP contribution in [0.2, 0.25) is 0 Å². The van der Waals surface area contributed by atoms with Gasteiger partial charge in [-0.25, -0.2) is 0 Å². The Morgan fingerprint density at radius 3 is 3.13 bits per heavy atom. The first-order valence-electron chi connectivity index (χ1n) is 5.75. The fraction of sp³-hybridized carbons (Fsp3) is 0.727. The van der Waals surface area contributed by atoms with Crippen LogP contribution in [0.25, 0.3) is 0 Å². The molecule has 4 nitrogen and oxygen atoms in total. The largest absolute Gasteiger partial charge is 0.314 e. The minimum Gasteiger partial charge on any atom is -0.314 e. The van der Waals surface area contributed by atoms with Gasteiger partial charge < -0.3 is 5.32 Å². The third-order valence-electron chi connectivity index (χ3n) is 3.04. The van der Waals surface area contributed by atoms with Gasteiger partial charge in [0.2, 0.25) is 0 Å². The molecule has 0 aromatic carbocycles. The van der Waals surface area contributed by atoms with Crippen LogP contribution >= 0.6 is 0 Å². The number of piperazine rings is 1. The lowest BCUT2D eigenvalue weighted by molar-refractivity contribution is 0.165. The minimum atomic E-state index is 0.628. The van der Waals surface area contributed by atoms with Gasteiger partial charge in [-0.1, -0.05) is 0 Å². The van der Waals surface area contributed by atoms with Gasteiger partial charge in [0, 0.05) is 50.5 Å². The molecule has 0 amide bonds. The predicted octanol–water partition coefficient (Wildman–Crippen LogP) is 0.697. The van der Waals surface area contributed by atoms with Crippen LogP contribution in [0.15, 0.2) is 12.4 Å². The molecule has 1 N–H and O–H groups in total. The maximum atomic E-state index is 4.30. The zero-order chi connectivity index (χ0) is 10.7. The van der Waals surface area contributed by atoms with Gasteiger partial charge in [-0.3, -0.25) is 9.58 Å². The minimum absolute atomic E-state index is 0.628. The predicted molar refractivity (Wildman–Crippen MR) is 60.6 cm³/mol. The van der Waals surface area contributed by atoms with Gasteiger partial charge in [0.1, 0.15) is 0 Å². The third-order valence-corrected chi connectivity index (χ3v) is 3.04. The lowest BCUT2D eigenvalue weighted by Crippen LogP contribution is -2.49. The van der Waals surface area contributed by atoms with Crippen molar-refractivity contribution in [3.05, 3.63) is 18.0 Å². The quantitative estimate of drug-likeness (QED) is 0.793. The summed E-state index contributed by atoms with van der Waals surface area (Å²) >= 11 is 0. The molecule has 0 radical (unpaired) electrons. The highest BCUT2D eigenvalue weighted by Crippen LogP contribution is 2.09. The Balaban J connectivity index is 1.95. The van der Waals surface area contributed by atoms with E-state index in [2.05, 4.69) is 35.4 Å². The van der Waals surface area contributed by atoms with Crippen LogP contribution in [0.1, 0.15) is 19.4 Å². The van der Waals surface area contributed by atoms with Gasteiger partial charge in [0.15, 0.2) is 0 Å². The van der Waals surface area contributed by atoms with E-state index in [4.69, 9.17) is 0 Å². The molecule has 2 heterocycles. The summed E-state index contributed by atoms with van der Waals surface area (Å²) in [7, 11) is 0. The zero-order valence-corrected chi connectivity index (χ0v) is 9.61. The molecule has 4 heteroatoms. The van der Waals surface area contributed by atoms with Crippen molar-refractivity contribution in [2.24, 2.45) is 0 Å². The van der Waals surface area contributed by atoms with Crippen molar-refractivity contribution in [1.82, 2.24) is 20.0 Å². The molecule has 0 aliphatic carbocycles. The fourth-order valence-electron chi connectivity index (χ4n) is 2.01. The Morgan fingerprint density at radius 2 is 2.47 bits per heavy atom. The first kappa shape index (κ1) is 10.6. The van der Waals surface area contributed by atoms with Crippen molar-refractivity contribution >= 4 is 0 Å². The van der Waals surface area contributed by atoms with E-state index in [-0.39, 0.29) is 0 Å². The molecule has 1 aliphatic heterocycles. The molecule has 1 aliphatic rings. The molecular weight excluding hydrogens is 188 g/mol. The van der Waals surface area contributed by atoms with Gasteiger partial charge in [0.05, 0.1) is 6.20 Å². The van der Waals surface area contributed by atoms with Gasteiger partial charge in [-0.2, -0.15) is 5.10 Å². The van der Waals surface area contributed by atoms with Crippen LogP contribution in [0.4, 0.5) is 0 Å². The molecule has 2 rings (SSSR count). The Morgan fingerprint density at radius 1 is 1.60 bits per heavy atom. The molecule has 84 valence electrons. The Hall–Kier alpha value is -0.870. The van der Waals surface area contributed by atoms with Crippen LogP contribution < -0.4 is 5.32 Å². The van der Waals surface area contributed by atoms with Gasteiger partial charge >= 0.3 is 0 Å². The average molecular weight is 208 g/mol. The molecule has 0 bridgehead atoms. The summed E-state index contributed by atoms with van der Waals surface area (Å²) in [6.45, 7) is 9.72. The summed E-state index contributed by atoms with van der Waals surface area (Å²) in [6, 6.07) is 0.628. The first-order valence-corrected chi connectivity index (χ1v) is 5.75. The molecule has 1 saturated heterocycles. The highest BCUT2D eigenvalue weighted by atomic mass is 15.3. The topological polar surface area (TPSA) is 33.1 Å². The zero-order valence-electron chi connectivity index (χ0n) is 9.61. The summed E-state index contributed by atoms with van der Waals surface area (Å²) in [5.74, 6) is 0. The maximum absolute atomic E-state index is 4.30. The summed E-state index contributed by atoms with van der Waals surface area (Å²) in [5.41, 5.74) is 1.32. The molecule has 15 heavy (non-hydrogen) atoms. The molecular formula is C11H20N4. The normalized spacial score (nSPS) is 23.2. The maximum Gasteiger partial charge on any atom is 0.0534 e.